The van der Waals surface area contributed by atoms with Crippen molar-refractivity contribution in [2.75, 3.05) is 25.5 Å². The molecule has 0 saturated heterocycles. The van der Waals surface area contributed by atoms with Crippen LogP contribution in [-0.2, 0) is 27.8 Å². The van der Waals surface area contributed by atoms with Gasteiger partial charge in [-0.25, -0.2) is 17.8 Å². The molecule has 1 atom stereocenters. The zero-order valence-electron chi connectivity index (χ0n) is 24.3. The van der Waals surface area contributed by atoms with Crippen LogP contribution in [0.5, 0.6) is 11.5 Å². The highest BCUT2D eigenvalue weighted by molar-refractivity contribution is 7.93. The summed E-state index contributed by atoms with van der Waals surface area (Å²) in [7, 11) is -1.15. The minimum Gasteiger partial charge on any atom is -0.494 e. The van der Waals surface area contributed by atoms with Crippen LogP contribution in [0.15, 0.2) is 72.2 Å². The third kappa shape index (κ3) is 7.21. The number of hydrogen-bond donors (Lipinski definition) is 1. The van der Waals surface area contributed by atoms with Crippen LogP contribution in [0.25, 0.3) is 16.5 Å². The van der Waals surface area contributed by atoms with Gasteiger partial charge in [0.05, 0.1) is 32.3 Å². The van der Waals surface area contributed by atoms with Crippen molar-refractivity contribution in [2.45, 2.75) is 31.6 Å². The number of para-hydroxylation sites is 1. The molecule has 0 radical (unpaired) electrons. The normalized spacial score (nSPS) is 12.2. The second-order valence-electron chi connectivity index (χ2n) is 9.76. The van der Waals surface area contributed by atoms with Crippen LogP contribution < -0.4 is 14.2 Å². The minimum atomic E-state index is -4.15. The predicted molar refractivity (Wildman–Crippen MR) is 165 cm³/mol. The van der Waals surface area contributed by atoms with Gasteiger partial charge in [0.1, 0.15) is 23.0 Å². The highest BCUT2D eigenvalue weighted by Gasteiger charge is 2.31. The Labute approximate surface area is 258 Å². The van der Waals surface area contributed by atoms with E-state index in [9.17, 15) is 12.8 Å². The van der Waals surface area contributed by atoms with Gasteiger partial charge in [-0.3, -0.25) is 14.3 Å². The molecule has 1 unspecified atom stereocenters. The molecule has 0 amide bonds. The second kappa shape index (κ2) is 13.9. The van der Waals surface area contributed by atoms with E-state index >= 15 is 0 Å². The quantitative estimate of drug-likeness (QED) is 0.163. The molecular weight excluding hydrogens is 607 g/mol. The average Bonchev–Trinajstić information content (AvgIpc) is 3.64. The zero-order valence-corrected chi connectivity index (χ0v) is 25.9. The number of benzene rings is 2. The van der Waals surface area contributed by atoms with Crippen LogP contribution in [0.4, 0.5) is 10.3 Å². The Bertz CT molecular complexity index is 1770. The van der Waals surface area contributed by atoms with Gasteiger partial charge >= 0.3 is 0 Å². The maximum Gasteiger partial charge on any atom is 0.243 e. The van der Waals surface area contributed by atoms with Crippen LogP contribution in [0, 0.1) is 12.7 Å². The second-order valence-corrected chi connectivity index (χ2v) is 12.6. The minimum absolute atomic E-state index is 0.00889. The smallest absolute Gasteiger partial charge is 0.243 e. The van der Waals surface area contributed by atoms with Crippen LogP contribution >= 0.6 is 11.3 Å². The summed E-state index contributed by atoms with van der Waals surface area (Å²) in [6, 6.07) is 17.5. The number of aromatic nitrogens is 5. The molecule has 0 spiro atoms. The first-order valence-corrected chi connectivity index (χ1v) is 16.0. The topological polar surface area (TPSA) is 130 Å². The number of nitrogens with one attached hydrogen (secondary N) is 1. The standard InChI is InChI=1S/C30H31FN6O5S2/c1-20-19-43-29(33-20)28-34-35-30(37(28)27-25(40-2)10-7-11-26(27)41-3)36-44(38,39)24(16-23-13-12-22(31)17-32-23)14-15-42-18-21-8-5-4-6-9-21/h4-13,17,19,24H,14-16,18H2,1-3H3,(H,35,36). The van der Waals surface area contributed by atoms with E-state index in [1.54, 1.807) is 18.2 Å². The fourth-order valence-electron chi connectivity index (χ4n) is 4.53. The predicted octanol–water partition coefficient (Wildman–Crippen LogP) is 5.21. The molecule has 230 valence electrons. The van der Waals surface area contributed by atoms with Gasteiger partial charge in [-0.15, -0.1) is 21.5 Å². The van der Waals surface area contributed by atoms with Crippen molar-refractivity contribution in [3.8, 4) is 28.0 Å². The Morgan fingerprint density at radius 1 is 1.00 bits per heavy atom. The summed E-state index contributed by atoms with van der Waals surface area (Å²) in [6.07, 6.45) is 1.20. The summed E-state index contributed by atoms with van der Waals surface area (Å²) in [5, 5.41) is 9.93. The van der Waals surface area contributed by atoms with Crippen LogP contribution in [0.2, 0.25) is 0 Å². The number of thiazole rings is 1. The number of aryl methyl sites for hydroxylation is 1. The van der Waals surface area contributed by atoms with Gasteiger partial charge in [0, 0.05) is 29.8 Å². The Kier molecular flexibility index (Phi) is 9.82. The molecular formula is C30H31FN6O5S2. The highest BCUT2D eigenvalue weighted by atomic mass is 32.2. The van der Waals surface area contributed by atoms with Gasteiger partial charge in [0.25, 0.3) is 0 Å². The maximum absolute atomic E-state index is 14.1. The number of anilines is 1. The first-order valence-electron chi connectivity index (χ1n) is 13.6. The summed E-state index contributed by atoms with van der Waals surface area (Å²) in [5.74, 6) is 0.506. The fourth-order valence-corrected chi connectivity index (χ4v) is 6.65. The molecule has 0 aliphatic heterocycles. The third-order valence-corrected chi connectivity index (χ3v) is 9.40. The summed E-state index contributed by atoms with van der Waals surface area (Å²) < 4.78 is 62.9. The van der Waals surface area contributed by atoms with E-state index in [2.05, 4.69) is 24.9 Å². The van der Waals surface area contributed by atoms with Gasteiger partial charge < -0.3 is 14.2 Å². The van der Waals surface area contributed by atoms with Crippen LogP contribution in [0.3, 0.4) is 0 Å². The number of nitrogens with zero attached hydrogens (tertiary/aromatic N) is 5. The number of halogens is 1. The molecule has 11 nitrogen and oxygen atoms in total. The SMILES string of the molecule is COc1cccc(OC)c1-n1c(NS(=O)(=O)C(CCOCc2ccccc2)Cc2ccc(F)cn2)nnc1-c1nc(C)cs1. The van der Waals surface area contributed by atoms with E-state index in [1.165, 1.54) is 42.3 Å². The molecule has 5 rings (SSSR count). The Hall–Kier alpha value is -4.40. The van der Waals surface area contributed by atoms with E-state index in [1.807, 2.05) is 42.6 Å². The first-order chi connectivity index (χ1) is 21.3. The van der Waals surface area contributed by atoms with Crippen molar-refractivity contribution < 1.29 is 27.0 Å². The first kappa shape index (κ1) is 31.0. The molecule has 0 aliphatic carbocycles. The molecule has 44 heavy (non-hydrogen) atoms. The lowest BCUT2D eigenvalue weighted by Crippen LogP contribution is -2.32. The maximum atomic E-state index is 14.1. The number of rotatable bonds is 14. The number of hydrogen-bond acceptors (Lipinski definition) is 10. The number of ether oxygens (including phenoxy) is 3. The van der Waals surface area contributed by atoms with E-state index < -0.39 is 21.1 Å². The number of sulfonamides is 1. The highest BCUT2D eigenvalue weighted by Crippen LogP contribution is 2.38. The van der Waals surface area contributed by atoms with E-state index in [4.69, 9.17) is 14.2 Å². The molecule has 0 saturated carbocycles. The molecule has 3 heterocycles. The Balaban J connectivity index is 1.50. The summed E-state index contributed by atoms with van der Waals surface area (Å²) in [5.41, 5.74) is 2.55. The molecule has 3 aromatic heterocycles. The molecule has 5 aromatic rings. The Morgan fingerprint density at radius 3 is 2.39 bits per heavy atom. The molecule has 2 aromatic carbocycles. The van der Waals surface area contributed by atoms with Gasteiger partial charge in [-0.2, -0.15) is 0 Å². The van der Waals surface area contributed by atoms with Crippen molar-refractivity contribution >= 4 is 27.3 Å². The lowest BCUT2D eigenvalue weighted by atomic mass is 10.2. The summed E-state index contributed by atoms with van der Waals surface area (Å²) in [6.45, 7) is 2.33. The third-order valence-electron chi connectivity index (χ3n) is 6.69. The summed E-state index contributed by atoms with van der Waals surface area (Å²) in [4.78, 5) is 8.63. The van der Waals surface area contributed by atoms with E-state index in [0.29, 0.717) is 40.3 Å². The van der Waals surface area contributed by atoms with Crippen molar-refractivity contribution in [3.05, 3.63) is 95.0 Å². The molecule has 0 fully saturated rings. The van der Waals surface area contributed by atoms with Gasteiger partial charge in [-0.05, 0) is 43.2 Å². The van der Waals surface area contributed by atoms with Crippen molar-refractivity contribution in [2.24, 2.45) is 0 Å². The number of methoxy groups -OCH3 is 2. The number of pyridine rings is 1. The lowest BCUT2D eigenvalue weighted by molar-refractivity contribution is 0.117. The van der Waals surface area contributed by atoms with Gasteiger partial charge in [0.15, 0.2) is 10.8 Å². The fraction of sp³-hybridized carbons (Fsp3) is 0.267. The lowest BCUT2D eigenvalue weighted by Gasteiger charge is -2.20. The average molecular weight is 639 g/mol. The largest absolute Gasteiger partial charge is 0.494 e. The van der Waals surface area contributed by atoms with Crippen LogP contribution in [0.1, 0.15) is 23.4 Å². The van der Waals surface area contributed by atoms with Gasteiger partial charge in [-0.1, -0.05) is 36.4 Å². The van der Waals surface area contributed by atoms with Gasteiger partial charge in [0.2, 0.25) is 16.0 Å². The van der Waals surface area contributed by atoms with Crippen molar-refractivity contribution in [1.29, 1.82) is 0 Å². The monoisotopic (exact) mass is 638 g/mol. The zero-order chi connectivity index (χ0) is 31.1. The molecule has 0 aliphatic rings. The molecule has 14 heteroatoms. The Morgan fingerprint density at radius 2 is 1.75 bits per heavy atom. The summed E-state index contributed by atoms with van der Waals surface area (Å²) >= 11 is 1.34. The molecule has 0 bridgehead atoms. The molecule has 1 N–H and O–H groups in total. The van der Waals surface area contributed by atoms with Crippen LogP contribution in [-0.4, -0.2) is 59.2 Å². The van der Waals surface area contributed by atoms with E-state index in [-0.39, 0.29) is 25.4 Å². The van der Waals surface area contributed by atoms with Crippen molar-refractivity contribution in [3.63, 3.8) is 0 Å². The van der Waals surface area contributed by atoms with Crippen molar-refractivity contribution in [1.82, 2.24) is 24.7 Å². The van der Waals surface area contributed by atoms with E-state index in [0.717, 1.165) is 17.5 Å².